The van der Waals surface area contributed by atoms with Crippen molar-refractivity contribution in [3.05, 3.63) is 98.6 Å². The van der Waals surface area contributed by atoms with Crippen molar-refractivity contribution in [3.63, 3.8) is 0 Å². The van der Waals surface area contributed by atoms with Crippen molar-refractivity contribution in [1.29, 1.82) is 0 Å². The maximum Gasteiger partial charge on any atom is 0.337 e. The molecule has 0 amide bonds. The van der Waals surface area contributed by atoms with Crippen LogP contribution in [-0.4, -0.2) is 63.9 Å². The number of hydrogen-bond donors (Lipinski definition) is 5. The predicted octanol–water partition coefficient (Wildman–Crippen LogP) is 0.127. The number of hydrogen-bond acceptors (Lipinski definition) is 11. The summed E-state index contributed by atoms with van der Waals surface area (Å²) in [4.78, 5) is 57.0. The number of aliphatic hydroxyl groups is 2. The topological polar surface area (TPSA) is 186 Å². The maximum atomic E-state index is 13.2. The van der Waals surface area contributed by atoms with Gasteiger partial charge in [-0.25, -0.2) is 9.11 Å². The second-order valence-corrected chi connectivity index (χ2v) is 10.1. The summed E-state index contributed by atoms with van der Waals surface area (Å²) in [6.07, 6.45) is -2.23. The van der Waals surface area contributed by atoms with Gasteiger partial charge >= 0.3 is 22.9 Å². The molecule has 1 saturated heterocycles. The highest BCUT2D eigenvalue weighted by Gasteiger charge is 2.44. The molecule has 0 bridgehead atoms. The lowest BCUT2D eigenvalue weighted by atomic mass is 10.1. The summed E-state index contributed by atoms with van der Waals surface area (Å²) in [5.74, 6) is 0. The van der Waals surface area contributed by atoms with E-state index < -0.39 is 59.6 Å². The molecule has 13 nitrogen and oxygen atoms in total. The molecule has 198 valence electrons. The number of ether oxygens (including phenoxy) is 1. The van der Waals surface area contributed by atoms with Gasteiger partial charge in [0.2, 0.25) is 0 Å². The maximum absolute atomic E-state index is 13.2. The van der Waals surface area contributed by atoms with Crippen LogP contribution in [0.5, 0.6) is 0 Å². The molecule has 4 rings (SSSR count). The van der Waals surface area contributed by atoms with Gasteiger partial charge in [-0.15, -0.1) is 0 Å². The molecule has 1 aliphatic rings. The fourth-order valence-electron chi connectivity index (χ4n) is 3.91. The molecule has 0 spiro atoms. The zero-order valence-electron chi connectivity index (χ0n) is 19.2. The Kier molecular flexibility index (Phi) is 9.27. The number of aromatic nitrogens is 3. The molecule has 37 heavy (non-hydrogen) atoms. The number of aliphatic hydroxyl groups excluding tert-OH is 2. The van der Waals surface area contributed by atoms with Crippen molar-refractivity contribution < 1.29 is 38.5 Å². The number of pyridine rings is 1. The summed E-state index contributed by atoms with van der Waals surface area (Å²) >= 11 is 0. The average Bonchev–Trinajstić information content (AvgIpc) is 3.14. The van der Waals surface area contributed by atoms with E-state index in [-0.39, 0.29) is 6.54 Å². The van der Waals surface area contributed by atoms with Crippen LogP contribution in [0.25, 0.3) is 0 Å². The molecular formula is C22H25N3O10P2. The molecule has 0 saturated carbocycles. The molecular weight excluding hydrogens is 528 g/mol. The molecule has 2 aromatic heterocycles. The van der Waals surface area contributed by atoms with E-state index in [9.17, 15) is 24.7 Å². The number of rotatable bonds is 10. The lowest BCUT2D eigenvalue weighted by Crippen LogP contribution is -2.43. The van der Waals surface area contributed by atoms with Crippen molar-refractivity contribution in [1.82, 2.24) is 14.1 Å². The van der Waals surface area contributed by atoms with Crippen LogP contribution in [0.1, 0.15) is 23.0 Å². The van der Waals surface area contributed by atoms with Crippen LogP contribution < -0.4 is 11.2 Å². The Balaban J connectivity index is 1.51. The Labute approximate surface area is 212 Å². The molecule has 3 heterocycles. The van der Waals surface area contributed by atoms with E-state index in [0.29, 0.717) is 12.1 Å². The minimum Gasteiger partial charge on any atom is -0.387 e. The van der Waals surface area contributed by atoms with Gasteiger partial charge in [-0.2, -0.15) is 0 Å². The molecule has 1 fully saturated rings. The Bertz CT molecular complexity index is 1310. The summed E-state index contributed by atoms with van der Waals surface area (Å²) in [5.41, 5.74) is 1.14. The van der Waals surface area contributed by atoms with Gasteiger partial charge in [-0.3, -0.25) is 18.9 Å². The Morgan fingerprint density at radius 2 is 1.76 bits per heavy atom. The molecule has 0 radical (unpaired) electrons. The zero-order chi connectivity index (χ0) is 26.5. The van der Waals surface area contributed by atoms with E-state index in [4.69, 9.17) is 19.0 Å². The first-order chi connectivity index (χ1) is 17.7. The van der Waals surface area contributed by atoms with Crippen LogP contribution in [0.2, 0.25) is 0 Å². The van der Waals surface area contributed by atoms with Crippen LogP contribution in [0.15, 0.2) is 70.5 Å². The second-order valence-electron chi connectivity index (χ2n) is 8.16. The first-order valence-electron chi connectivity index (χ1n) is 11.0. The van der Waals surface area contributed by atoms with Gasteiger partial charge in [0.25, 0.3) is 5.56 Å². The lowest BCUT2D eigenvalue weighted by molar-refractivity contribution is -0.0530. The summed E-state index contributed by atoms with van der Waals surface area (Å²) in [6, 6.07) is 14.6. The molecule has 0 aliphatic carbocycles. The monoisotopic (exact) mass is 553 g/mol. The largest absolute Gasteiger partial charge is 0.387 e. The quantitative estimate of drug-likeness (QED) is 0.215. The second kappa shape index (κ2) is 12.4. The van der Waals surface area contributed by atoms with Crippen molar-refractivity contribution in [2.24, 2.45) is 0 Å². The van der Waals surface area contributed by atoms with Gasteiger partial charge in [0.15, 0.2) is 6.23 Å². The van der Waals surface area contributed by atoms with Crippen LogP contribution in [0.3, 0.4) is 0 Å². The van der Waals surface area contributed by atoms with Gasteiger partial charge in [0.05, 0.1) is 18.8 Å². The van der Waals surface area contributed by atoms with E-state index in [1.807, 2.05) is 36.4 Å². The third-order valence-corrected chi connectivity index (χ3v) is 7.16. The molecule has 15 heteroatoms. The van der Waals surface area contributed by atoms with Crippen LogP contribution in [-0.2, 0) is 26.5 Å². The fourth-order valence-corrected chi connectivity index (χ4v) is 4.87. The first-order valence-corrected chi connectivity index (χ1v) is 13.3. The highest BCUT2D eigenvalue weighted by atomic mass is 31.2. The summed E-state index contributed by atoms with van der Waals surface area (Å²) in [6.45, 7) is -0.608. The van der Waals surface area contributed by atoms with Crippen molar-refractivity contribution >= 4 is 17.2 Å². The summed E-state index contributed by atoms with van der Waals surface area (Å²) < 4.78 is 16.7. The molecule has 5 atom stereocenters. The summed E-state index contributed by atoms with van der Waals surface area (Å²) in [7, 11) is -5.52. The van der Waals surface area contributed by atoms with E-state index in [1.54, 1.807) is 12.3 Å². The van der Waals surface area contributed by atoms with Crippen LogP contribution in [0.4, 0.5) is 0 Å². The minimum absolute atomic E-state index is 0.128. The number of benzene rings is 1. The normalized spacial score (nSPS) is 22.4. The fraction of sp³-hybridized carbons (Fsp3) is 0.318. The minimum atomic E-state index is -2.86. The van der Waals surface area contributed by atoms with Gasteiger partial charge < -0.3 is 34.2 Å². The Morgan fingerprint density at radius 1 is 1.00 bits per heavy atom. The van der Waals surface area contributed by atoms with E-state index in [2.05, 4.69) is 9.29 Å². The van der Waals surface area contributed by atoms with Gasteiger partial charge in [0.1, 0.15) is 18.3 Å². The van der Waals surface area contributed by atoms with E-state index in [0.717, 1.165) is 32.5 Å². The van der Waals surface area contributed by atoms with Gasteiger partial charge in [0, 0.05) is 18.5 Å². The van der Waals surface area contributed by atoms with Crippen LogP contribution in [0, 0.1) is 0 Å². The molecule has 5 N–H and O–H groups in total. The third-order valence-electron chi connectivity index (χ3n) is 5.65. The number of nitrogens with zero attached hydrogens (tertiary/aromatic N) is 3. The highest BCUT2D eigenvalue weighted by Crippen LogP contribution is 2.46. The van der Waals surface area contributed by atoms with Gasteiger partial charge in [-0.1, -0.05) is 30.3 Å². The van der Waals surface area contributed by atoms with Crippen molar-refractivity contribution in [2.45, 2.75) is 37.5 Å². The van der Waals surface area contributed by atoms with E-state index >= 15 is 0 Å². The van der Waals surface area contributed by atoms with Crippen molar-refractivity contribution in [3.8, 4) is 0 Å². The molecule has 3 aromatic rings. The predicted molar refractivity (Wildman–Crippen MR) is 131 cm³/mol. The zero-order valence-corrected chi connectivity index (χ0v) is 21.0. The Morgan fingerprint density at radius 3 is 2.49 bits per heavy atom. The SMILES string of the molecule is O=c1ccn(C2OC(COP(O)OP(O)O)C(O)C2O)c(=O)n1Cc1cc(Cc2ccccc2)ccn1. The Hall–Kier alpha value is -2.41. The third kappa shape index (κ3) is 6.92. The lowest BCUT2D eigenvalue weighted by Gasteiger charge is -2.19. The summed E-state index contributed by atoms with van der Waals surface area (Å²) in [5, 5.41) is 20.8. The molecule has 5 unspecified atom stereocenters. The highest BCUT2D eigenvalue weighted by molar-refractivity contribution is 7.54. The first kappa shape index (κ1) is 27.6. The standard InChI is InChI=1S/C22H25N3O10P2/c26-18-7-9-24(21-20(28)19(27)17(34-21)13-33-37(32)35-36(30)31)22(29)25(18)12-16-11-15(6-8-23-16)10-14-4-2-1-3-5-14/h1-9,11,17,19-21,27-28,30-32H,10,12-13H2. The molecule has 1 aliphatic heterocycles. The average molecular weight is 553 g/mol. The van der Waals surface area contributed by atoms with Gasteiger partial charge in [-0.05, 0) is 29.7 Å². The van der Waals surface area contributed by atoms with E-state index in [1.165, 1.54) is 0 Å². The smallest absolute Gasteiger partial charge is 0.337 e. The van der Waals surface area contributed by atoms with Crippen LogP contribution >= 0.6 is 17.2 Å². The van der Waals surface area contributed by atoms with Crippen molar-refractivity contribution in [2.75, 3.05) is 6.61 Å². The molecule has 1 aromatic carbocycles.